The molecular weight excluding hydrogens is 268 g/mol. The summed E-state index contributed by atoms with van der Waals surface area (Å²) >= 11 is 0. The van der Waals surface area contributed by atoms with Crippen LogP contribution in [0, 0.1) is 0 Å². The lowest BCUT2D eigenvalue weighted by Gasteiger charge is -1.98. The van der Waals surface area contributed by atoms with E-state index in [1.54, 1.807) is 0 Å². The molecule has 0 amide bonds. The number of hydrogen-bond acceptors (Lipinski definition) is 4. The number of rotatable bonds is 6. The Hall–Kier alpha value is -2.76. The molecule has 0 aromatic carbocycles. The van der Waals surface area contributed by atoms with Gasteiger partial charge in [0.05, 0.1) is 30.0 Å². The van der Waals surface area contributed by atoms with Gasteiger partial charge in [-0.15, -0.1) is 0 Å². The molecule has 21 heavy (non-hydrogen) atoms. The molecule has 2 N–H and O–H groups in total. The highest BCUT2D eigenvalue weighted by atomic mass is 16.4. The number of nitrogens with zero attached hydrogens (tertiary/aromatic N) is 4. The monoisotopic (exact) mass is 286 g/mol. The largest absolute Gasteiger partial charge is 0.411 e. The summed E-state index contributed by atoms with van der Waals surface area (Å²) in [4.78, 5) is 0. The van der Waals surface area contributed by atoms with E-state index in [1.807, 2.05) is 49.1 Å². The van der Waals surface area contributed by atoms with Gasteiger partial charge in [-0.25, -0.2) is 9.13 Å². The van der Waals surface area contributed by atoms with Gasteiger partial charge in [0.2, 0.25) is 0 Å². The SMILES string of the molecule is O/N=C/c1ccc[n+](CCC[n+]2cccc(/C=N/O)c2)c1. The van der Waals surface area contributed by atoms with Crippen molar-refractivity contribution >= 4 is 12.4 Å². The lowest BCUT2D eigenvalue weighted by Crippen LogP contribution is -2.39. The van der Waals surface area contributed by atoms with E-state index in [4.69, 9.17) is 10.4 Å². The smallest absolute Gasteiger partial charge is 0.177 e. The third kappa shape index (κ3) is 4.68. The second-order valence-corrected chi connectivity index (χ2v) is 4.59. The van der Waals surface area contributed by atoms with E-state index in [-0.39, 0.29) is 0 Å². The van der Waals surface area contributed by atoms with Crippen LogP contribution in [0.4, 0.5) is 0 Å². The first kappa shape index (κ1) is 14.6. The zero-order chi connectivity index (χ0) is 14.9. The van der Waals surface area contributed by atoms with Crippen molar-refractivity contribution < 1.29 is 19.5 Å². The molecule has 2 aromatic heterocycles. The van der Waals surface area contributed by atoms with Gasteiger partial charge < -0.3 is 10.4 Å². The van der Waals surface area contributed by atoms with E-state index in [2.05, 4.69) is 19.4 Å². The average Bonchev–Trinajstić information content (AvgIpc) is 2.49. The lowest BCUT2D eigenvalue weighted by molar-refractivity contribution is -0.727. The van der Waals surface area contributed by atoms with Crippen LogP contribution in [-0.4, -0.2) is 22.8 Å². The molecule has 6 nitrogen and oxygen atoms in total. The molecule has 0 atom stereocenters. The van der Waals surface area contributed by atoms with Crippen molar-refractivity contribution in [2.75, 3.05) is 0 Å². The summed E-state index contributed by atoms with van der Waals surface area (Å²) in [6, 6.07) is 7.59. The molecule has 0 aliphatic heterocycles. The van der Waals surface area contributed by atoms with Crippen LogP contribution in [0.2, 0.25) is 0 Å². The van der Waals surface area contributed by atoms with Gasteiger partial charge in [0.25, 0.3) is 0 Å². The first-order valence-corrected chi connectivity index (χ1v) is 6.65. The van der Waals surface area contributed by atoms with Crippen molar-refractivity contribution in [2.24, 2.45) is 10.3 Å². The fourth-order valence-corrected chi connectivity index (χ4v) is 2.08. The second kappa shape index (κ2) is 7.74. The number of aromatic nitrogens is 2. The molecule has 0 bridgehead atoms. The number of hydrogen-bond donors (Lipinski definition) is 2. The normalized spacial score (nSPS) is 11.4. The van der Waals surface area contributed by atoms with Gasteiger partial charge in [-0.3, -0.25) is 0 Å². The van der Waals surface area contributed by atoms with Gasteiger partial charge in [-0.1, -0.05) is 10.3 Å². The summed E-state index contributed by atoms with van der Waals surface area (Å²) in [5, 5.41) is 23.1. The van der Waals surface area contributed by atoms with Crippen LogP contribution < -0.4 is 9.13 Å². The minimum atomic E-state index is 0.855. The average molecular weight is 286 g/mol. The lowest BCUT2D eigenvalue weighted by atomic mass is 10.3. The van der Waals surface area contributed by atoms with E-state index in [1.165, 1.54) is 12.4 Å². The molecule has 0 unspecified atom stereocenters. The Bertz CT molecular complexity index is 586. The number of oxime groups is 2. The third-order valence-electron chi connectivity index (χ3n) is 3.01. The van der Waals surface area contributed by atoms with Crippen LogP contribution in [0.15, 0.2) is 59.4 Å². The van der Waals surface area contributed by atoms with Crippen molar-refractivity contribution in [3.8, 4) is 0 Å². The van der Waals surface area contributed by atoms with Gasteiger partial charge in [0.1, 0.15) is 0 Å². The maximum Gasteiger partial charge on any atom is 0.177 e. The second-order valence-electron chi connectivity index (χ2n) is 4.59. The maximum atomic E-state index is 8.53. The van der Waals surface area contributed by atoms with Crippen molar-refractivity contribution in [1.82, 2.24) is 0 Å². The van der Waals surface area contributed by atoms with Crippen LogP contribution in [0.25, 0.3) is 0 Å². The van der Waals surface area contributed by atoms with Gasteiger partial charge >= 0.3 is 0 Å². The van der Waals surface area contributed by atoms with E-state index in [0.717, 1.165) is 30.6 Å². The Morgan fingerprint density at radius 1 is 0.857 bits per heavy atom. The summed E-state index contributed by atoms with van der Waals surface area (Å²) in [5.74, 6) is 0. The van der Waals surface area contributed by atoms with Gasteiger partial charge in [0.15, 0.2) is 37.9 Å². The third-order valence-corrected chi connectivity index (χ3v) is 3.01. The first-order chi connectivity index (χ1) is 10.3. The Labute approximate surface area is 122 Å². The Kier molecular flexibility index (Phi) is 5.40. The summed E-state index contributed by atoms with van der Waals surface area (Å²) in [6.07, 6.45) is 11.6. The molecule has 0 aliphatic carbocycles. The highest BCUT2D eigenvalue weighted by Crippen LogP contribution is 1.92. The van der Waals surface area contributed by atoms with Crippen LogP contribution >= 0.6 is 0 Å². The Balaban J connectivity index is 1.92. The van der Waals surface area contributed by atoms with E-state index >= 15 is 0 Å². The number of aryl methyl sites for hydroxylation is 2. The molecule has 0 aliphatic rings. The van der Waals surface area contributed by atoms with Crippen LogP contribution in [-0.2, 0) is 13.1 Å². The van der Waals surface area contributed by atoms with Crippen molar-refractivity contribution in [3.63, 3.8) is 0 Å². The molecule has 6 heteroatoms. The first-order valence-electron chi connectivity index (χ1n) is 6.65. The molecule has 0 spiro atoms. The van der Waals surface area contributed by atoms with Crippen molar-refractivity contribution in [2.45, 2.75) is 19.5 Å². The minimum absolute atomic E-state index is 0.855. The summed E-state index contributed by atoms with van der Waals surface area (Å²) in [6.45, 7) is 1.72. The van der Waals surface area contributed by atoms with Crippen molar-refractivity contribution in [1.29, 1.82) is 0 Å². The molecule has 2 aromatic rings. The molecule has 2 heterocycles. The Morgan fingerprint density at radius 2 is 1.33 bits per heavy atom. The van der Waals surface area contributed by atoms with E-state index < -0.39 is 0 Å². The van der Waals surface area contributed by atoms with Crippen molar-refractivity contribution in [3.05, 3.63) is 60.2 Å². The van der Waals surface area contributed by atoms with E-state index in [0.29, 0.717) is 0 Å². The zero-order valence-corrected chi connectivity index (χ0v) is 11.6. The fourth-order valence-electron chi connectivity index (χ4n) is 2.08. The van der Waals surface area contributed by atoms with Gasteiger partial charge in [-0.05, 0) is 12.1 Å². The summed E-state index contributed by atoms with van der Waals surface area (Å²) in [5.41, 5.74) is 1.71. The minimum Gasteiger partial charge on any atom is -0.411 e. The summed E-state index contributed by atoms with van der Waals surface area (Å²) < 4.78 is 4.10. The predicted molar refractivity (Wildman–Crippen MR) is 76.7 cm³/mol. The van der Waals surface area contributed by atoms with Gasteiger partial charge in [0, 0.05) is 12.1 Å². The highest BCUT2D eigenvalue weighted by molar-refractivity contribution is 5.78. The zero-order valence-electron chi connectivity index (χ0n) is 11.6. The molecule has 108 valence electrons. The predicted octanol–water partition coefficient (Wildman–Crippen LogP) is 0.968. The molecule has 2 rings (SSSR count). The fraction of sp³-hybridized carbons (Fsp3) is 0.200. The molecule has 0 saturated heterocycles. The standard InChI is InChI=1S/C15H16N4O2/c20-16-10-14-4-1-6-18(12-14)8-3-9-19-7-2-5-15(13-19)11-17-21/h1-2,4-7,10-13H,3,8-9H2/p+2/b16-10+,17-11+. The van der Waals surface area contributed by atoms with Crippen LogP contribution in [0.1, 0.15) is 17.5 Å². The quantitative estimate of drug-likeness (QED) is 0.359. The summed E-state index contributed by atoms with van der Waals surface area (Å²) in [7, 11) is 0. The highest BCUT2D eigenvalue weighted by Gasteiger charge is 2.06. The maximum absolute atomic E-state index is 8.53. The van der Waals surface area contributed by atoms with E-state index in [9.17, 15) is 0 Å². The van der Waals surface area contributed by atoms with Crippen LogP contribution in [0.5, 0.6) is 0 Å². The molecule has 0 saturated carbocycles. The molecule has 0 fully saturated rings. The molecular formula is C15H18N4O2+2. The Morgan fingerprint density at radius 3 is 1.76 bits per heavy atom. The van der Waals surface area contributed by atoms with Gasteiger partial charge in [-0.2, -0.15) is 0 Å². The van der Waals surface area contributed by atoms with Crippen LogP contribution in [0.3, 0.4) is 0 Å². The topological polar surface area (TPSA) is 72.9 Å². The number of pyridine rings is 2. The molecule has 0 radical (unpaired) electrons.